The van der Waals surface area contributed by atoms with Gasteiger partial charge in [-0.25, -0.2) is 9.59 Å². The van der Waals surface area contributed by atoms with Gasteiger partial charge in [-0.3, -0.25) is 15.4 Å². The minimum absolute atomic E-state index is 0.0699. The van der Waals surface area contributed by atoms with E-state index in [2.05, 4.69) is 16.0 Å². The van der Waals surface area contributed by atoms with Crippen molar-refractivity contribution in [2.75, 3.05) is 6.54 Å². The van der Waals surface area contributed by atoms with Gasteiger partial charge in [0, 0.05) is 6.42 Å². The minimum atomic E-state index is -1.45. The molecule has 2 rings (SSSR count). The molecule has 2 aromatic rings. The number of carboxylic acid groups (broad SMARTS) is 2. The highest BCUT2D eigenvalue weighted by Crippen LogP contribution is 2.31. The quantitative estimate of drug-likeness (QED) is 0.0366. The van der Waals surface area contributed by atoms with Gasteiger partial charge in [-0.05, 0) is 54.7 Å². The Bertz CT molecular complexity index is 1240. The maximum Gasteiger partial charge on any atom is 0.411 e. The molecular weight excluding hydrogens is 620 g/mol. The Kier molecular flexibility index (Phi) is 19.3. The zero-order valence-corrected chi connectivity index (χ0v) is 30.0. The van der Waals surface area contributed by atoms with Gasteiger partial charge >= 0.3 is 12.2 Å². The summed E-state index contributed by atoms with van der Waals surface area (Å²) < 4.78 is 0. The van der Waals surface area contributed by atoms with Gasteiger partial charge < -0.3 is 25.6 Å². The second-order valence-electron chi connectivity index (χ2n) is 13.9. The summed E-state index contributed by atoms with van der Waals surface area (Å²) in [6, 6.07) is 18.5. The van der Waals surface area contributed by atoms with Gasteiger partial charge in [-0.15, -0.1) is 0 Å². The van der Waals surface area contributed by atoms with Crippen molar-refractivity contribution in [3.05, 3.63) is 71.8 Å². The van der Waals surface area contributed by atoms with Crippen LogP contribution in [-0.4, -0.2) is 58.9 Å². The predicted octanol–water partition coefficient (Wildman–Crippen LogP) is 7.17. The van der Waals surface area contributed by atoms with Crippen molar-refractivity contribution in [3.8, 4) is 0 Å². The lowest BCUT2D eigenvalue weighted by atomic mass is 9.78. The zero-order chi connectivity index (χ0) is 36.1. The molecule has 0 spiro atoms. The number of amides is 3. The van der Waals surface area contributed by atoms with Crippen LogP contribution in [0.1, 0.15) is 103 Å². The Morgan fingerprint density at radius 2 is 1.24 bits per heavy atom. The van der Waals surface area contributed by atoms with Crippen LogP contribution in [0.25, 0.3) is 0 Å². The summed E-state index contributed by atoms with van der Waals surface area (Å²) >= 11 is 0. The van der Waals surface area contributed by atoms with Crippen LogP contribution in [0.15, 0.2) is 60.7 Å². The molecule has 272 valence electrons. The number of rotatable bonds is 25. The number of carbonyl (C=O) groups is 4. The molecule has 2 unspecified atom stereocenters. The third-order valence-corrected chi connectivity index (χ3v) is 9.24. The van der Waals surface area contributed by atoms with Crippen LogP contribution >= 0.6 is 0 Å². The SMILES string of the molecule is CC(C)C(C=O)NCCCCCCCCCCC[C@@H](Cc1ccccc1)C(Cc1ccccc1)(NC(=O)O)N[C@H](C(=O)NC(=O)O)C(C)C. The van der Waals surface area contributed by atoms with Crippen LogP contribution in [0.3, 0.4) is 0 Å². The largest absolute Gasteiger partial charge is 0.465 e. The molecule has 0 fully saturated rings. The molecule has 0 heterocycles. The summed E-state index contributed by atoms with van der Waals surface area (Å²) in [6.45, 7) is 8.59. The second kappa shape index (κ2) is 22.8. The van der Waals surface area contributed by atoms with Gasteiger partial charge in [0.2, 0.25) is 5.91 Å². The summed E-state index contributed by atoms with van der Waals surface area (Å²) in [7, 11) is 0. The summed E-state index contributed by atoms with van der Waals surface area (Å²) in [4.78, 5) is 48.3. The highest BCUT2D eigenvalue weighted by molar-refractivity contribution is 5.94. The van der Waals surface area contributed by atoms with E-state index < -0.39 is 29.8 Å². The highest BCUT2D eigenvalue weighted by atomic mass is 16.4. The van der Waals surface area contributed by atoms with E-state index in [0.29, 0.717) is 18.8 Å². The van der Waals surface area contributed by atoms with Crippen molar-refractivity contribution >= 4 is 24.4 Å². The van der Waals surface area contributed by atoms with E-state index in [1.807, 2.05) is 93.7 Å². The standard InChI is InChI=1S/C39H60N4O6/c1-29(2)34(28-44)40-25-19-11-9-7-5-6-8-10-18-24-33(26-31-20-14-12-15-21-31)39(43-38(48)49,27-32-22-16-13-17-23-32)42-35(30(3)4)36(45)41-37(46)47/h12-17,20-23,28-30,33-35,40,42-43H,5-11,18-19,24-27H2,1-4H3,(H,41,45)(H,46,47)(H,48,49)/t33-,34?,35-,39?/m0/s1. The van der Waals surface area contributed by atoms with Crippen molar-refractivity contribution in [3.63, 3.8) is 0 Å². The number of imide groups is 1. The first-order valence-electron chi connectivity index (χ1n) is 18.1. The van der Waals surface area contributed by atoms with E-state index in [4.69, 9.17) is 0 Å². The van der Waals surface area contributed by atoms with Crippen molar-refractivity contribution in [1.82, 2.24) is 21.3 Å². The van der Waals surface area contributed by atoms with Crippen molar-refractivity contribution in [2.45, 2.75) is 122 Å². The Morgan fingerprint density at radius 3 is 1.73 bits per heavy atom. The average Bonchev–Trinajstić information content (AvgIpc) is 3.05. The van der Waals surface area contributed by atoms with Gasteiger partial charge in [0.05, 0.1) is 12.1 Å². The molecule has 0 aliphatic rings. The normalized spacial score (nSPS) is 14.5. The number of hydrogen-bond donors (Lipinski definition) is 6. The average molecular weight is 681 g/mol. The summed E-state index contributed by atoms with van der Waals surface area (Å²) in [5, 5.41) is 31.1. The third-order valence-electron chi connectivity index (χ3n) is 9.24. The molecule has 6 N–H and O–H groups in total. The molecule has 49 heavy (non-hydrogen) atoms. The molecule has 10 heteroatoms. The number of aldehydes is 1. The molecule has 0 bridgehead atoms. The van der Waals surface area contributed by atoms with E-state index in [0.717, 1.165) is 62.5 Å². The van der Waals surface area contributed by atoms with Crippen LogP contribution in [-0.2, 0) is 22.4 Å². The number of hydrogen-bond acceptors (Lipinski definition) is 6. The van der Waals surface area contributed by atoms with E-state index in [9.17, 15) is 29.4 Å². The van der Waals surface area contributed by atoms with E-state index in [1.54, 1.807) is 0 Å². The van der Waals surface area contributed by atoms with Crippen LogP contribution in [0, 0.1) is 17.8 Å². The second-order valence-corrected chi connectivity index (χ2v) is 13.9. The Balaban J connectivity index is 2.16. The maximum absolute atomic E-state index is 13.2. The van der Waals surface area contributed by atoms with E-state index in [-0.39, 0.29) is 24.3 Å². The lowest BCUT2D eigenvalue weighted by Gasteiger charge is -2.45. The number of unbranched alkanes of at least 4 members (excludes halogenated alkanes) is 8. The predicted molar refractivity (Wildman–Crippen MR) is 194 cm³/mol. The molecule has 10 nitrogen and oxygen atoms in total. The monoisotopic (exact) mass is 680 g/mol. The van der Waals surface area contributed by atoms with Gasteiger partial charge in [0.15, 0.2) is 0 Å². The van der Waals surface area contributed by atoms with Gasteiger partial charge in [0.25, 0.3) is 0 Å². The summed E-state index contributed by atoms with van der Waals surface area (Å²) in [5.41, 5.74) is 0.669. The Labute approximate surface area is 293 Å². The molecule has 0 saturated carbocycles. The molecular formula is C39H60N4O6. The lowest BCUT2D eigenvalue weighted by Crippen LogP contribution is -2.70. The van der Waals surface area contributed by atoms with Crippen molar-refractivity contribution < 1.29 is 29.4 Å². The van der Waals surface area contributed by atoms with Crippen LogP contribution in [0.2, 0.25) is 0 Å². The molecule has 0 aliphatic carbocycles. The van der Waals surface area contributed by atoms with E-state index in [1.165, 1.54) is 19.3 Å². The first-order valence-corrected chi connectivity index (χ1v) is 18.1. The van der Waals surface area contributed by atoms with Gasteiger partial charge in [-0.2, -0.15) is 0 Å². The van der Waals surface area contributed by atoms with Crippen LogP contribution < -0.4 is 21.3 Å². The Morgan fingerprint density at radius 1 is 0.714 bits per heavy atom. The number of nitrogens with one attached hydrogen (secondary N) is 4. The molecule has 0 radical (unpaired) electrons. The van der Waals surface area contributed by atoms with Crippen LogP contribution in [0.5, 0.6) is 0 Å². The maximum atomic E-state index is 13.2. The summed E-state index contributed by atoms with van der Waals surface area (Å²) in [5.74, 6) is -0.999. The van der Waals surface area contributed by atoms with Crippen molar-refractivity contribution in [2.24, 2.45) is 17.8 Å². The Hall–Kier alpha value is -3.76. The van der Waals surface area contributed by atoms with Crippen molar-refractivity contribution in [1.29, 1.82) is 0 Å². The van der Waals surface area contributed by atoms with Crippen LogP contribution in [0.4, 0.5) is 9.59 Å². The third kappa shape index (κ3) is 16.0. The number of benzene rings is 2. The fourth-order valence-corrected chi connectivity index (χ4v) is 6.48. The molecule has 4 atom stereocenters. The topological polar surface area (TPSA) is 157 Å². The first-order chi connectivity index (χ1) is 23.5. The van der Waals surface area contributed by atoms with E-state index >= 15 is 0 Å². The minimum Gasteiger partial charge on any atom is -0.465 e. The number of carbonyl (C=O) groups excluding carboxylic acids is 2. The smallest absolute Gasteiger partial charge is 0.411 e. The lowest BCUT2D eigenvalue weighted by molar-refractivity contribution is -0.124. The molecule has 0 aliphatic heterocycles. The molecule has 3 amide bonds. The summed E-state index contributed by atoms with van der Waals surface area (Å²) in [6.07, 6.45) is 9.68. The fourth-order valence-electron chi connectivity index (χ4n) is 6.48. The molecule has 0 saturated heterocycles. The highest BCUT2D eigenvalue weighted by Gasteiger charge is 2.44. The molecule has 2 aromatic carbocycles. The van der Waals surface area contributed by atoms with Gasteiger partial charge in [-0.1, -0.05) is 140 Å². The molecule has 0 aromatic heterocycles. The fraction of sp³-hybridized carbons (Fsp3) is 0.590. The van der Waals surface area contributed by atoms with Gasteiger partial charge in [0.1, 0.15) is 11.9 Å². The zero-order valence-electron chi connectivity index (χ0n) is 30.0. The first kappa shape index (κ1) is 41.4.